The van der Waals surface area contributed by atoms with Gasteiger partial charge in [-0.2, -0.15) is 13.2 Å². The van der Waals surface area contributed by atoms with Crippen molar-refractivity contribution >= 4 is 5.97 Å². The molecule has 3 nitrogen and oxygen atoms in total. The monoisotopic (exact) mass is 325 g/mol. The number of aryl methyl sites for hydroxylation is 1. The number of halogens is 3. The Morgan fingerprint density at radius 3 is 2.48 bits per heavy atom. The lowest BCUT2D eigenvalue weighted by Gasteiger charge is -2.15. The fraction of sp³-hybridized carbons (Fsp3) is 0.353. The van der Waals surface area contributed by atoms with E-state index in [0.717, 1.165) is 6.07 Å². The Hall–Kier alpha value is -2.24. The van der Waals surface area contributed by atoms with E-state index >= 15 is 0 Å². The third-order valence-corrected chi connectivity index (χ3v) is 3.72. The number of alkyl halides is 3. The molecule has 0 aliphatic rings. The normalized spacial score (nSPS) is 11.6. The van der Waals surface area contributed by atoms with Crippen molar-refractivity contribution in [3.05, 3.63) is 58.4 Å². The number of carbonyl (C=O) groups is 1. The minimum atomic E-state index is -4.41. The highest BCUT2D eigenvalue weighted by atomic mass is 19.4. The number of hydrogen-bond acceptors (Lipinski definition) is 2. The van der Waals surface area contributed by atoms with Gasteiger partial charge in [-0.1, -0.05) is 18.2 Å². The summed E-state index contributed by atoms with van der Waals surface area (Å²) in [5.74, 6) is -0.462. The molecule has 0 atom stereocenters. The number of aromatic nitrogens is 1. The van der Waals surface area contributed by atoms with E-state index in [1.807, 2.05) is 0 Å². The van der Waals surface area contributed by atoms with E-state index in [1.54, 1.807) is 37.5 Å². The van der Waals surface area contributed by atoms with Gasteiger partial charge in [-0.25, -0.2) is 4.79 Å². The summed E-state index contributed by atoms with van der Waals surface area (Å²) in [6.07, 6.45) is -4.41. The van der Waals surface area contributed by atoms with Gasteiger partial charge in [0.1, 0.15) is 0 Å². The van der Waals surface area contributed by atoms with Crippen molar-refractivity contribution in [2.75, 3.05) is 6.61 Å². The maximum atomic E-state index is 13.1. The molecule has 23 heavy (non-hydrogen) atoms. The average Bonchev–Trinajstić information content (AvgIpc) is 2.75. The highest BCUT2D eigenvalue weighted by molar-refractivity contribution is 5.91. The lowest BCUT2D eigenvalue weighted by molar-refractivity contribution is -0.138. The number of ether oxygens (including phenoxy) is 1. The maximum absolute atomic E-state index is 13.1. The van der Waals surface area contributed by atoms with Gasteiger partial charge < -0.3 is 9.30 Å². The molecule has 0 amide bonds. The van der Waals surface area contributed by atoms with Crippen LogP contribution in [-0.2, 0) is 17.5 Å². The molecule has 124 valence electrons. The zero-order valence-corrected chi connectivity index (χ0v) is 13.2. The first-order chi connectivity index (χ1) is 10.8. The van der Waals surface area contributed by atoms with Gasteiger partial charge in [0, 0.05) is 17.9 Å². The molecule has 2 aromatic rings. The molecule has 6 heteroatoms. The van der Waals surface area contributed by atoms with E-state index < -0.39 is 17.7 Å². The number of rotatable bonds is 4. The van der Waals surface area contributed by atoms with Crippen molar-refractivity contribution in [2.45, 2.75) is 33.5 Å². The average molecular weight is 325 g/mol. The Bertz CT molecular complexity index is 717. The van der Waals surface area contributed by atoms with Crippen LogP contribution in [0.1, 0.15) is 39.8 Å². The van der Waals surface area contributed by atoms with E-state index in [0.29, 0.717) is 17.0 Å². The highest BCUT2D eigenvalue weighted by Crippen LogP contribution is 2.32. The van der Waals surface area contributed by atoms with Crippen molar-refractivity contribution in [3.63, 3.8) is 0 Å². The number of carbonyl (C=O) groups excluding carboxylic acids is 1. The van der Waals surface area contributed by atoms with Gasteiger partial charge in [-0.05, 0) is 38.5 Å². The third kappa shape index (κ3) is 3.57. The largest absolute Gasteiger partial charge is 0.462 e. The van der Waals surface area contributed by atoms with E-state index in [1.165, 1.54) is 12.1 Å². The zero-order chi connectivity index (χ0) is 17.2. The van der Waals surface area contributed by atoms with E-state index in [9.17, 15) is 18.0 Å². The first kappa shape index (κ1) is 17.1. The molecule has 0 aliphatic heterocycles. The molecule has 0 spiro atoms. The minimum Gasteiger partial charge on any atom is -0.462 e. The Labute approximate surface area is 132 Å². The molecule has 2 rings (SSSR count). The highest BCUT2D eigenvalue weighted by Gasteiger charge is 2.33. The summed E-state index contributed by atoms with van der Waals surface area (Å²) in [5, 5.41) is 0. The van der Waals surface area contributed by atoms with Gasteiger partial charge in [0.15, 0.2) is 0 Å². The maximum Gasteiger partial charge on any atom is 0.416 e. The first-order valence-electron chi connectivity index (χ1n) is 7.24. The molecule has 1 heterocycles. The molecule has 0 bridgehead atoms. The van der Waals surface area contributed by atoms with Crippen LogP contribution in [-0.4, -0.2) is 17.1 Å². The molecular weight excluding hydrogens is 307 g/mol. The van der Waals surface area contributed by atoms with Crippen LogP contribution in [0.2, 0.25) is 0 Å². The van der Waals surface area contributed by atoms with Gasteiger partial charge in [-0.3, -0.25) is 0 Å². The predicted molar refractivity (Wildman–Crippen MR) is 80.4 cm³/mol. The molecule has 1 aromatic carbocycles. The van der Waals surface area contributed by atoms with Gasteiger partial charge in [0.05, 0.1) is 17.7 Å². The van der Waals surface area contributed by atoms with E-state index in [2.05, 4.69) is 0 Å². The molecule has 0 fully saturated rings. The molecule has 0 radical (unpaired) electrons. The van der Waals surface area contributed by atoms with E-state index in [4.69, 9.17) is 4.74 Å². The first-order valence-corrected chi connectivity index (χ1v) is 7.24. The summed E-state index contributed by atoms with van der Waals surface area (Å²) in [5.41, 5.74) is 1.19. The second-order valence-electron chi connectivity index (χ2n) is 5.25. The van der Waals surface area contributed by atoms with E-state index in [-0.39, 0.29) is 18.7 Å². The number of benzene rings is 1. The fourth-order valence-corrected chi connectivity index (χ4v) is 2.57. The Morgan fingerprint density at radius 1 is 1.22 bits per heavy atom. The fourth-order valence-electron chi connectivity index (χ4n) is 2.57. The SMILES string of the molecule is CCOC(=O)c1cc(C)n(Cc2ccccc2C(F)(F)F)c1C. The van der Waals surface area contributed by atoms with Crippen molar-refractivity contribution in [1.29, 1.82) is 0 Å². The van der Waals surface area contributed by atoms with Crippen LogP contribution in [0.15, 0.2) is 30.3 Å². The van der Waals surface area contributed by atoms with Crippen LogP contribution in [0.3, 0.4) is 0 Å². The summed E-state index contributed by atoms with van der Waals surface area (Å²) in [4.78, 5) is 11.9. The Balaban J connectivity index is 2.41. The van der Waals surface area contributed by atoms with Crippen LogP contribution in [0.4, 0.5) is 13.2 Å². The molecule has 0 N–H and O–H groups in total. The van der Waals surface area contributed by atoms with Gasteiger partial charge >= 0.3 is 12.1 Å². The Kier molecular flexibility index (Phi) is 4.82. The zero-order valence-electron chi connectivity index (χ0n) is 13.2. The molecule has 0 unspecified atom stereocenters. The van der Waals surface area contributed by atoms with Crippen molar-refractivity contribution in [1.82, 2.24) is 4.57 Å². The molecular formula is C17H18F3NO2. The smallest absolute Gasteiger partial charge is 0.416 e. The van der Waals surface area contributed by atoms with Crippen molar-refractivity contribution in [3.8, 4) is 0 Å². The summed E-state index contributed by atoms with van der Waals surface area (Å²) < 4.78 is 46.0. The lowest BCUT2D eigenvalue weighted by atomic mass is 10.1. The van der Waals surface area contributed by atoms with Gasteiger partial charge in [0.2, 0.25) is 0 Å². The third-order valence-electron chi connectivity index (χ3n) is 3.72. The minimum absolute atomic E-state index is 0.0484. The van der Waals surface area contributed by atoms with Crippen LogP contribution < -0.4 is 0 Å². The van der Waals surface area contributed by atoms with Crippen LogP contribution in [0.25, 0.3) is 0 Å². The van der Waals surface area contributed by atoms with Crippen LogP contribution >= 0.6 is 0 Å². The summed E-state index contributed by atoms with van der Waals surface area (Å²) in [7, 11) is 0. The molecule has 0 aliphatic carbocycles. The molecule has 0 saturated heterocycles. The lowest BCUT2D eigenvalue weighted by Crippen LogP contribution is -2.13. The molecule has 0 saturated carbocycles. The van der Waals surface area contributed by atoms with Gasteiger partial charge in [-0.15, -0.1) is 0 Å². The number of hydrogen-bond donors (Lipinski definition) is 0. The summed E-state index contributed by atoms with van der Waals surface area (Å²) >= 11 is 0. The summed E-state index contributed by atoms with van der Waals surface area (Å²) in [6.45, 7) is 5.46. The quantitative estimate of drug-likeness (QED) is 0.783. The van der Waals surface area contributed by atoms with Crippen molar-refractivity contribution < 1.29 is 22.7 Å². The second kappa shape index (κ2) is 6.48. The van der Waals surface area contributed by atoms with Crippen LogP contribution in [0.5, 0.6) is 0 Å². The topological polar surface area (TPSA) is 31.2 Å². The van der Waals surface area contributed by atoms with Crippen LogP contribution in [0, 0.1) is 13.8 Å². The Morgan fingerprint density at radius 2 is 1.87 bits per heavy atom. The second-order valence-corrected chi connectivity index (χ2v) is 5.25. The number of esters is 1. The van der Waals surface area contributed by atoms with Crippen molar-refractivity contribution in [2.24, 2.45) is 0 Å². The van der Waals surface area contributed by atoms with Gasteiger partial charge in [0.25, 0.3) is 0 Å². The standard InChI is InChI=1S/C17H18F3NO2/c1-4-23-16(22)14-9-11(2)21(12(14)3)10-13-7-5-6-8-15(13)17(18,19)20/h5-9H,4,10H2,1-3H3. The predicted octanol–water partition coefficient (Wildman–Crippen LogP) is 4.35. The number of nitrogens with zero attached hydrogens (tertiary/aromatic N) is 1. The molecule has 1 aromatic heterocycles. The summed E-state index contributed by atoms with van der Waals surface area (Å²) in [6, 6.07) is 7.10.